The van der Waals surface area contributed by atoms with Crippen LogP contribution in [0.1, 0.15) is 0 Å². The van der Waals surface area contributed by atoms with E-state index in [1.54, 1.807) is 0 Å². The number of para-hydroxylation sites is 3. The number of nitrogens with zero attached hydrogens (tertiary/aromatic N) is 2. The van der Waals surface area contributed by atoms with Gasteiger partial charge in [-0.15, -0.1) is 0 Å². The molecule has 0 fully saturated rings. The highest BCUT2D eigenvalue weighted by Gasteiger charge is 2.22. The van der Waals surface area contributed by atoms with Gasteiger partial charge in [-0.3, -0.25) is 0 Å². The Morgan fingerprint density at radius 1 is 0.357 bits per heavy atom. The predicted molar refractivity (Wildman–Crippen MR) is 178 cm³/mol. The van der Waals surface area contributed by atoms with E-state index in [9.17, 15) is 0 Å². The molecule has 2 heteroatoms. The second-order valence-corrected chi connectivity index (χ2v) is 11.3. The molecule has 0 amide bonds. The Labute approximate surface area is 241 Å². The Balaban J connectivity index is 1.46. The van der Waals surface area contributed by atoms with E-state index >= 15 is 0 Å². The van der Waals surface area contributed by atoms with E-state index in [4.69, 9.17) is 0 Å². The first kappa shape index (κ1) is 22.1. The smallest absolute Gasteiger partial charge is 0.0641 e. The van der Waals surface area contributed by atoms with E-state index in [1.807, 2.05) is 0 Å². The molecule has 0 atom stereocenters. The third-order valence-electron chi connectivity index (χ3n) is 9.21. The molecule has 0 aliphatic rings. The summed E-state index contributed by atoms with van der Waals surface area (Å²) >= 11 is 0. The SMILES string of the molecule is c1ccc(-c2cccc(-n3c4ccccc4c4ccc5ccc6c7cccc8c9ccccc9n(c87)c6c5c43)c2)cc1. The third-order valence-corrected chi connectivity index (χ3v) is 9.21. The topological polar surface area (TPSA) is 9.34 Å². The molecule has 3 aromatic heterocycles. The monoisotopic (exact) mass is 532 g/mol. The van der Waals surface area contributed by atoms with E-state index in [-0.39, 0.29) is 0 Å². The largest absolute Gasteiger partial charge is 0.309 e. The summed E-state index contributed by atoms with van der Waals surface area (Å²) < 4.78 is 5.02. The van der Waals surface area contributed by atoms with Gasteiger partial charge in [-0.2, -0.15) is 0 Å². The molecule has 10 rings (SSSR count). The van der Waals surface area contributed by atoms with E-state index in [0.717, 1.165) is 0 Å². The van der Waals surface area contributed by atoms with Crippen LogP contribution in [0.4, 0.5) is 0 Å². The lowest BCUT2D eigenvalue weighted by Crippen LogP contribution is -1.96. The van der Waals surface area contributed by atoms with E-state index in [1.165, 1.54) is 87.5 Å². The number of benzene rings is 7. The van der Waals surface area contributed by atoms with Crippen LogP contribution >= 0.6 is 0 Å². The van der Waals surface area contributed by atoms with Crippen molar-refractivity contribution in [1.29, 1.82) is 0 Å². The summed E-state index contributed by atoms with van der Waals surface area (Å²) in [7, 11) is 0. The van der Waals surface area contributed by atoms with Gasteiger partial charge < -0.3 is 8.97 Å². The fourth-order valence-electron chi connectivity index (χ4n) is 7.49. The van der Waals surface area contributed by atoms with Crippen molar-refractivity contribution in [3.8, 4) is 16.8 Å². The Morgan fingerprint density at radius 2 is 0.929 bits per heavy atom. The molecule has 0 aliphatic carbocycles. The molecule has 0 N–H and O–H groups in total. The quantitative estimate of drug-likeness (QED) is 0.209. The van der Waals surface area contributed by atoms with Gasteiger partial charge in [0.15, 0.2) is 0 Å². The van der Waals surface area contributed by atoms with E-state index in [2.05, 4.69) is 155 Å². The van der Waals surface area contributed by atoms with Crippen molar-refractivity contribution >= 4 is 70.7 Å². The minimum Gasteiger partial charge on any atom is -0.309 e. The molecular weight excluding hydrogens is 508 g/mol. The molecular formula is C40H24N2. The second-order valence-electron chi connectivity index (χ2n) is 11.3. The Kier molecular flexibility index (Phi) is 4.21. The summed E-state index contributed by atoms with van der Waals surface area (Å²) in [5, 5.41) is 10.3. The van der Waals surface area contributed by atoms with Gasteiger partial charge in [0, 0.05) is 43.4 Å². The van der Waals surface area contributed by atoms with Gasteiger partial charge in [0.05, 0.1) is 27.6 Å². The highest BCUT2D eigenvalue weighted by molar-refractivity contribution is 6.32. The van der Waals surface area contributed by atoms with E-state index in [0.29, 0.717) is 0 Å². The highest BCUT2D eigenvalue weighted by Crippen LogP contribution is 2.45. The van der Waals surface area contributed by atoms with Gasteiger partial charge in [0.2, 0.25) is 0 Å². The molecule has 0 radical (unpaired) electrons. The van der Waals surface area contributed by atoms with Crippen LogP contribution in [0.2, 0.25) is 0 Å². The third kappa shape index (κ3) is 2.74. The van der Waals surface area contributed by atoms with Gasteiger partial charge in [0.1, 0.15) is 0 Å². The Bertz CT molecular complexity index is 2670. The van der Waals surface area contributed by atoms with Crippen molar-refractivity contribution < 1.29 is 0 Å². The standard InChI is InChI=1S/C40H24N2/c1-2-10-25(11-3-1)27-12-8-13-28(24-27)41-35-18-6-4-15-30(35)33-22-20-26-21-23-34-32-17-9-16-31-29-14-5-7-19-36(29)42(38(31)32)40(34)37(26)39(33)41/h1-24H. The molecule has 0 saturated heterocycles. The maximum absolute atomic E-state index is 2.53. The molecule has 10 aromatic rings. The van der Waals surface area contributed by atoms with Crippen molar-refractivity contribution in [1.82, 2.24) is 8.97 Å². The maximum Gasteiger partial charge on any atom is 0.0641 e. The minimum atomic E-state index is 1.17. The van der Waals surface area contributed by atoms with Crippen molar-refractivity contribution in [2.24, 2.45) is 0 Å². The Morgan fingerprint density at radius 3 is 1.74 bits per heavy atom. The van der Waals surface area contributed by atoms with E-state index < -0.39 is 0 Å². The van der Waals surface area contributed by atoms with Crippen molar-refractivity contribution in [3.05, 3.63) is 146 Å². The minimum absolute atomic E-state index is 1.17. The lowest BCUT2D eigenvalue weighted by atomic mass is 10.0. The summed E-state index contributed by atoms with van der Waals surface area (Å²) in [6.45, 7) is 0. The van der Waals surface area contributed by atoms with Crippen molar-refractivity contribution in [2.45, 2.75) is 0 Å². The summed E-state index contributed by atoms with van der Waals surface area (Å²) in [5.74, 6) is 0. The van der Waals surface area contributed by atoms with Crippen LogP contribution in [-0.2, 0) is 0 Å². The molecule has 0 unspecified atom stereocenters. The number of fused-ring (bicyclic) bond motifs is 12. The van der Waals surface area contributed by atoms with Crippen LogP contribution in [0.3, 0.4) is 0 Å². The molecule has 7 aromatic carbocycles. The zero-order valence-electron chi connectivity index (χ0n) is 22.8. The molecule has 0 aliphatic heterocycles. The normalized spacial score (nSPS) is 12.3. The van der Waals surface area contributed by atoms with Gasteiger partial charge in [-0.25, -0.2) is 0 Å². The first-order valence-electron chi connectivity index (χ1n) is 14.5. The van der Waals surface area contributed by atoms with Crippen LogP contribution in [0.15, 0.2) is 146 Å². The molecule has 0 saturated carbocycles. The zero-order chi connectivity index (χ0) is 27.4. The first-order chi connectivity index (χ1) is 20.9. The lowest BCUT2D eigenvalue weighted by Gasteiger charge is -2.13. The van der Waals surface area contributed by atoms with Gasteiger partial charge in [-0.05, 0) is 40.8 Å². The number of hydrogen-bond acceptors (Lipinski definition) is 0. The zero-order valence-corrected chi connectivity index (χ0v) is 22.8. The Hall–Kier alpha value is -5.60. The number of aromatic nitrogens is 2. The van der Waals surface area contributed by atoms with Crippen molar-refractivity contribution in [3.63, 3.8) is 0 Å². The summed E-state index contributed by atoms with van der Waals surface area (Å²) in [4.78, 5) is 0. The van der Waals surface area contributed by atoms with Gasteiger partial charge in [-0.1, -0.05) is 121 Å². The highest BCUT2D eigenvalue weighted by atomic mass is 15.0. The summed E-state index contributed by atoms with van der Waals surface area (Å²) in [5.41, 5.74) is 9.95. The predicted octanol–water partition coefficient (Wildman–Crippen LogP) is 10.8. The van der Waals surface area contributed by atoms with Crippen molar-refractivity contribution in [2.75, 3.05) is 0 Å². The number of hydrogen-bond donors (Lipinski definition) is 0. The molecule has 42 heavy (non-hydrogen) atoms. The van der Waals surface area contributed by atoms with Crippen LogP contribution in [0.5, 0.6) is 0 Å². The first-order valence-corrected chi connectivity index (χ1v) is 14.5. The second kappa shape index (κ2) is 7.99. The van der Waals surface area contributed by atoms with Crippen LogP contribution in [0, 0.1) is 0 Å². The van der Waals surface area contributed by atoms with Gasteiger partial charge in [0.25, 0.3) is 0 Å². The molecule has 0 bridgehead atoms. The van der Waals surface area contributed by atoms with Crippen LogP contribution in [0.25, 0.3) is 87.5 Å². The fraction of sp³-hybridized carbons (Fsp3) is 0. The molecule has 0 spiro atoms. The van der Waals surface area contributed by atoms with Gasteiger partial charge >= 0.3 is 0 Å². The summed E-state index contributed by atoms with van der Waals surface area (Å²) in [6, 6.07) is 53.4. The fourth-order valence-corrected chi connectivity index (χ4v) is 7.49. The summed E-state index contributed by atoms with van der Waals surface area (Å²) in [6.07, 6.45) is 0. The molecule has 194 valence electrons. The molecule has 3 heterocycles. The maximum atomic E-state index is 2.53. The lowest BCUT2D eigenvalue weighted by molar-refractivity contribution is 1.19. The average molecular weight is 533 g/mol. The van der Waals surface area contributed by atoms with Crippen LogP contribution < -0.4 is 0 Å². The molecule has 2 nitrogen and oxygen atoms in total. The van der Waals surface area contributed by atoms with Crippen LogP contribution in [-0.4, -0.2) is 8.97 Å². The average Bonchev–Trinajstić information content (AvgIpc) is 3.70. The number of rotatable bonds is 2.